The number of hydrogen-bond acceptors (Lipinski definition) is 3. The van der Waals surface area contributed by atoms with Crippen molar-refractivity contribution < 1.29 is 5.11 Å². The molecule has 3 rings (SSSR count). The van der Waals surface area contributed by atoms with E-state index in [2.05, 4.69) is 25.9 Å². The molecule has 0 saturated heterocycles. The molecule has 0 bridgehead atoms. The van der Waals surface area contributed by atoms with Crippen LogP contribution in [-0.2, 0) is 12.0 Å². The molecule has 1 aromatic rings. The summed E-state index contributed by atoms with van der Waals surface area (Å²) >= 11 is 0. The summed E-state index contributed by atoms with van der Waals surface area (Å²) in [4.78, 5) is 4.78. The molecule has 1 atom stereocenters. The minimum Gasteiger partial charge on any atom is -0.394 e. The van der Waals surface area contributed by atoms with E-state index >= 15 is 0 Å². The molecule has 18 heavy (non-hydrogen) atoms. The smallest absolute Gasteiger partial charge is 0.156 e. The maximum Gasteiger partial charge on any atom is 0.156 e. The van der Waals surface area contributed by atoms with Crippen molar-refractivity contribution >= 4 is 0 Å². The van der Waals surface area contributed by atoms with Crippen molar-refractivity contribution in [3.05, 3.63) is 11.6 Å². The molecule has 1 heterocycles. The first kappa shape index (κ1) is 12.2. The highest BCUT2D eigenvalue weighted by Gasteiger charge is 2.60. The summed E-state index contributed by atoms with van der Waals surface area (Å²) in [6.07, 6.45) is 5.36. The largest absolute Gasteiger partial charge is 0.394 e. The average molecular weight is 249 g/mol. The summed E-state index contributed by atoms with van der Waals surface area (Å²) in [5, 5.41) is 13.8. The summed E-state index contributed by atoms with van der Waals surface area (Å²) in [6.45, 7) is 7.13. The molecule has 4 heteroatoms. The summed E-state index contributed by atoms with van der Waals surface area (Å²) in [5.74, 6) is 2.63. The predicted molar refractivity (Wildman–Crippen MR) is 69.4 cm³/mol. The molecule has 0 radical (unpaired) electrons. The van der Waals surface area contributed by atoms with Crippen LogP contribution >= 0.6 is 0 Å². The van der Waals surface area contributed by atoms with Crippen molar-refractivity contribution in [3.63, 3.8) is 0 Å². The van der Waals surface area contributed by atoms with Gasteiger partial charge in [0.05, 0.1) is 13.2 Å². The van der Waals surface area contributed by atoms with E-state index in [9.17, 15) is 5.11 Å². The molecular weight excluding hydrogens is 226 g/mol. The lowest BCUT2D eigenvalue weighted by Gasteiger charge is -2.26. The van der Waals surface area contributed by atoms with Crippen molar-refractivity contribution in [3.8, 4) is 0 Å². The van der Waals surface area contributed by atoms with Gasteiger partial charge >= 0.3 is 0 Å². The highest BCUT2D eigenvalue weighted by molar-refractivity contribution is 5.23. The lowest BCUT2D eigenvalue weighted by Crippen LogP contribution is -2.16. The molecule has 1 unspecified atom stereocenters. The van der Waals surface area contributed by atoms with Crippen LogP contribution in [0.25, 0.3) is 0 Å². The van der Waals surface area contributed by atoms with E-state index < -0.39 is 0 Å². The maximum atomic E-state index is 9.17. The van der Waals surface area contributed by atoms with Gasteiger partial charge < -0.3 is 5.11 Å². The number of rotatable bonds is 3. The van der Waals surface area contributed by atoms with E-state index in [-0.39, 0.29) is 12.0 Å². The number of hydrogen-bond donors (Lipinski definition) is 1. The molecule has 100 valence electrons. The number of aromatic nitrogens is 3. The Hall–Kier alpha value is -0.900. The molecule has 0 amide bonds. The molecule has 1 aromatic heterocycles. The molecule has 2 fully saturated rings. The zero-order chi connectivity index (χ0) is 13.0. The Morgan fingerprint density at radius 1 is 1.39 bits per heavy atom. The minimum absolute atomic E-state index is 0.0167. The van der Waals surface area contributed by atoms with Crippen LogP contribution in [0, 0.1) is 5.41 Å². The second kappa shape index (κ2) is 3.80. The van der Waals surface area contributed by atoms with E-state index in [0.717, 1.165) is 11.6 Å². The van der Waals surface area contributed by atoms with Crippen LogP contribution in [0.4, 0.5) is 0 Å². The van der Waals surface area contributed by atoms with E-state index in [0.29, 0.717) is 17.9 Å². The quantitative estimate of drug-likeness (QED) is 0.893. The average Bonchev–Trinajstić information content (AvgIpc) is 2.85. The lowest BCUT2D eigenvalue weighted by molar-refractivity contribution is 0.256. The van der Waals surface area contributed by atoms with Crippen LogP contribution in [0.2, 0.25) is 0 Å². The standard InChI is InChI=1S/C14H23N3O/c1-13(2,3)12-15-11(17(16-12)7-8-18)10-9-14(10)5-4-6-14/h10,18H,4-9H2,1-3H3. The van der Waals surface area contributed by atoms with Gasteiger partial charge in [0.15, 0.2) is 5.82 Å². The molecule has 1 N–H and O–H groups in total. The Morgan fingerprint density at radius 2 is 2.11 bits per heavy atom. The first-order valence-corrected chi connectivity index (χ1v) is 7.02. The summed E-state index contributed by atoms with van der Waals surface area (Å²) in [6, 6.07) is 0. The van der Waals surface area contributed by atoms with Gasteiger partial charge in [-0.3, -0.25) is 0 Å². The van der Waals surface area contributed by atoms with E-state index in [1.165, 1.54) is 25.7 Å². The molecule has 2 saturated carbocycles. The highest BCUT2D eigenvalue weighted by atomic mass is 16.3. The molecular formula is C14H23N3O. The topological polar surface area (TPSA) is 50.9 Å². The predicted octanol–water partition coefficient (Wildman–Crippen LogP) is 2.23. The second-order valence-corrected chi connectivity index (χ2v) is 6.96. The molecule has 2 aliphatic rings. The lowest BCUT2D eigenvalue weighted by atomic mass is 9.79. The molecule has 4 nitrogen and oxygen atoms in total. The first-order valence-electron chi connectivity index (χ1n) is 7.02. The zero-order valence-corrected chi connectivity index (χ0v) is 11.6. The van der Waals surface area contributed by atoms with Gasteiger partial charge in [0.1, 0.15) is 5.82 Å². The minimum atomic E-state index is -0.0167. The Kier molecular flexibility index (Phi) is 2.56. The van der Waals surface area contributed by atoms with E-state index in [1.807, 2.05) is 4.68 Å². The van der Waals surface area contributed by atoms with Gasteiger partial charge in [0.2, 0.25) is 0 Å². The fourth-order valence-corrected chi connectivity index (χ4v) is 3.09. The molecule has 2 aliphatic carbocycles. The summed E-state index contributed by atoms with van der Waals surface area (Å²) in [7, 11) is 0. The van der Waals surface area contributed by atoms with Crippen LogP contribution < -0.4 is 0 Å². The summed E-state index contributed by atoms with van der Waals surface area (Å²) in [5.41, 5.74) is 0.548. The Morgan fingerprint density at radius 3 is 2.56 bits per heavy atom. The van der Waals surface area contributed by atoms with Gasteiger partial charge in [-0.2, -0.15) is 5.10 Å². The van der Waals surface area contributed by atoms with E-state index in [4.69, 9.17) is 4.98 Å². The number of aliphatic hydroxyl groups excluding tert-OH is 1. The van der Waals surface area contributed by atoms with Gasteiger partial charge in [0.25, 0.3) is 0 Å². The Bertz CT molecular complexity index is 454. The first-order chi connectivity index (χ1) is 8.46. The second-order valence-electron chi connectivity index (χ2n) is 6.96. The van der Waals surface area contributed by atoms with Crippen molar-refractivity contribution in [2.45, 2.75) is 64.3 Å². The van der Waals surface area contributed by atoms with Crippen molar-refractivity contribution in [2.75, 3.05) is 6.61 Å². The van der Waals surface area contributed by atoms with Crippen LogP contribution in [0.5, 0.6) is 0 Å². The fourth-order valence-electron chi connectivity index (χ4n) is 3.09. The maximum absolute atomic E-state index is 9.17. The van der Waals surface area contributed by atoms with Gasteiger partial charge in [-0.25, -0.2) is 9.67 Å². The van der Waals surface area contributed by atoms with Gasteiger partial charge in [-0.15, -0.1) is 0 Å². The number of aliphatic hydroxyl groups is 1. The third-order valence-electron chi connectivity index (χ3n) is 4.53. The molecule has 0 aromatic carbocycles. The monoisotopic (exact) mass is 249 g/mol. The van der Waals surface area contributed by atoms with Gasteiger partial charge in [-0.1, -0.05) is 27.2 Å². The van der Waals surface area contributed by atoms with Gasteiger partial charge in [0, 0.05) is 11.3 Å². The third-order valence-corrected chi connectivity index (χ3v) is 4.53. The van der Waals surface area contributed by atoms with Crippen LogP contribution in [0.3, 0.4) is 0 Å². The van der Waals surface area contributed by atoms with Crippen LogP contribution in [0.15, 0.2) is 0 Å². The van der Waals surface area contributed by atoms with E-state index in [1.54, 1.807) is 0 Å². The van der Waals surface area contributed by atoms with Crippen LogP contribution in [0.1, 0.15) is 64.0 Å². The van der Waals surface area contributed by atoms with Crippen molar-refractivity contribution in [1.82, 2.24) is 14.8 Å². The van der Waals surface area contributed by atoms with Crippen LogP contribution in [-0.4, -0.2) is 26.5 Å². The Labute approximate surface area is 108 Å². The fraction of sp³-hybridized carbons (Fsp3) is 0.857. The summed E-state index contributed by atoms with van der Waals surface area (Å²) < 4.78 is 1.94. The normalized spacial score (nSPS) is 25.2. The van der Waals surface area contributed by atoms with Crippen molar-refractivity contribution in [1.29, 1.82) is 0 Å². The molecule has 1 spiro atoms. The molecule has 0 aliphatic heterocycles. The van der Waals surface area contributed by atoms with Crippen molar-refractivity contribution in [2.24, 2.45) is 5.41 Å². The van der Waals surface area contributed by atoms with Gasteiger partial charge in [-0.05, 0) is 24.7 Å². The highest BCUT2D eigenvalue weighted by Crippen LogP contribution is 2.69. The third kappa shape index (κ3) is 1.78. The number of nitrogens with zero attached hydrogens (tertiary/aromatic N) is 3. The SMILES string of the molecule is CC(C)(C)c1nc(C2CC23CCC3)n(CCO)n1. The Balaban J connectivity index is 1.90. The zero-order valence-electron chi connectivity index (χ0n) is 11.6.